The molecule has 0 amide bonds. The largest absolute Gasteiger partial charge is 0.368 e. The second-order valence-corrected chi connectivity index (χ2v) is 5.04. The number of anilines is 1. The molecule has 1 unspecified atom stereocenters. The number of alkyl halides is 1. The maximum absolute atomic E-state index is 6.40. The van der Waals surface area contributed by atoms with Crippen LogP contribution in [0.2, 0.25) is 0 Å². The molecular formula is C14H14ClN5. The zero-order valence-corrected chi connectivity index (χ0v) is 11.7. The number of nitrogens with zero attached hydrogens (tertiary/aromatic N) is 4. The van der Waals surface area contributed by atoms with Gasteiger partial charge < -0.3 is 5.32 Å². The smallest absolute Gasteiger partial charge is 0.254 e. The molecule has 0 saturated heterocycles. The van der Waals surface area contributed by atoms with Crippen molar-refractivity contribution in [2.45, 2.75) is 12.3 Å². The van der Waals surface area contributed by atoms with Crippen molar-refractivity contribution >= 4 is 23.2 Å². The van der Waals surface area contributed by atoms with Crippen molar-refractivity contribution in [3.63, 3.8) is 0 Å². The monoisotopic (exact) mass is 287 g/mol. The maximum Gasteiger partial charge on any atom is 0.254 e. The molecule has 0 spiro atoms. The molecule has 0 bridgehead atoms. The zero-order valence-electron chi connectivity index (χ0n) is 11.0. The number of aryl methyl sites for hydroxylation is 1. The van der Waals surface area contributed by atoms with Gasteiger partial charge in [0.05, 0.1) is 5.38 Å². The molecule has 2 aromatic heterocycles. The number of halogens is 1. The number of aromatic nitrogens is 4. The highest BCUT2D eigenvalue weighted by Gasteiger charge is 2.10. The summed E-state index contributed by atoms with van der Waals surface area (Å²) in [7, 11) is 0. The first-order valence-corrected chi connectivity index (χ1v) is 6.78. The Labute approximate surface area is 121 Å². The molecule has 3 rings (SSSR count). The fourth-order valence-corrected chi connectivity index (χ4v) is 2.25. The molecule has 20 heavy (non-hydrogen) atoms. The van der Waals surface area contributed by atoms with Crippen LogP contribution in [0.25, 0.3) is 5.78 Å². The van der Waals surface area contributed by atoms with E-state index >= 15 is 0 Å². The molecule has 0 saturated carbocycles. The van der Waals surface area contributed by atoms with Crippen molar-refractivity contribution in [2.75, 3.05) is 11.9 Å². The summed E-state index contributed by atoms with van der Waals surface area (Å²) in [5.74, 6) is 1.42. The minimum atomic E-state index is -0.108. The van der Waals surface area contributed by atoms with E-state index in [9.17, 15) is 0 Å². The van der Waals surface area contributed by atoms with Crippen LogP contribution in [-0.2, 0) is 0 Å². The first kappa shape index (κ1) is 12.9. The first-order chi connectivity index (χ1) is 9.74. The topological polar surface area (TPSA) is 55.1 Å². The van der Waals surface area contributed by atoms with Crippen molar-refractivity contribution in [1.82, 2.24) is 19.6 Å². The van der Waals surface area contributed by atoms with Gasteiger partial charge in [0.2, 0.25) is 0 Å². The summed E-state index contributed by atoms with van der Waals surface area (Å²) in [6, 6.07) is 11.9. The van der Waals surface area contributed by atoms with Gasteiger partial charge in [-0.3, -0.25) is 0 Å². The fraction of sp³-hybridized carbons (Fsp3) is 0.214. The van der Waals surface area contributed by atoms with Crippen molar-refractivity contribution in [2.24, 2.45) is 0 Å². The molecule has 1 atom stereocenters. The van der Waals surface area contributed by atoms with Gasteiger partial charge in [-0.05, 0) is 12.5 Å². The Balaban J connectivity index is 1.78. The average molecular weight is 288 g/mol. The van der Waals surface area contributed by atoms with Gasteiger partial charge in [0.25, 0.3) is 5.78 Å². The van der Waals surface area contributed by atoms with E-state index in [0.717, 1.165) is 17.1 Å². The predicted octanol–water partition coefficient (Wildman–Crippen LogP) is 2.82. The van der Waals surface area contributed by atoms with E-state index in [1.165, 1.54) is 6.33 Å². The van der Waals surface area contributed by atoms with Gasteiger partial charge >= 0.3 is 0 Å². The molecule has 0 fully saturated rings. The van der Waals surface area contributed by atoms with Crippen LogP contribution in [0.3, 0.4) is 0 Å². The summed E-state index contributed by atoms with van der Waals surface area (Å²) < 4.78 is 1.67. The average Bonchev–Trinajstić information content (AvgIpc) is 2.93. The van der Waals surface area contributed by atoms with Gasteiger partial charge in [0, 0.05) is 18.3 Å². The highest BCUT2D eigenvalue weighted by molar-refractivity contribution is 6.21. The van der Waals surface area contributed by atoms with E-state index in [1.54, 1.807) is 4.52 Å². The molecular weight excluding hydrogens is 274 g/mol. The third-order valence-corrected chi connectivity index (χ3v) is 3.41. The van der Waals surface area contributed by atoms with Crippen molar-refractivity contribution in [1.29, 1.82) is 0 Å². The summed E-state index contributed by atoms with van der Waals surface area (Å²) in [6.45, 7) is 2.53. The number of benzene rings is 1. The molecule has 3 aromatic rings. The highest BCUT2D eigenvalue weighted by Crippen LogP contribution is 2.21. The second-order valence-electron chi connectivity index (χ2n) is 4.51. The van der Waals surface area contributed by atoms with E-state index in [1.807, 2.05) is 43.3 Å². The lowest BCUT2D eigenvalue weighted by molar-refractivity contribution is 0.896. The molecule has 2 heterocycles. The molecule has 102 valence electrons. The van der Waals surface area contributed by atoms with Gasteiger partial charge in [0.15, 0.2) is 0 Å². The number of fused-ring (bicyclic) bond motifs is 1. The van der Waals surface area contributed by atoms with Gasteiger partial charge in [0.1, 0.15) is 12.1 Å². The van der Waals surface area contributed by atoms with Crippen LogP contribution >= 0.6 is 11.6 Å². The number of hydrogen-bond donors (Lipinski definition) is 1. The third kappa shape index (κ3) is 2.58. The third-order valence-electron chi connectivity index (χ3n) is 3.00. The Hall–Kier alpha value is -2.14. The first-order valence-electron chi connectivity index (χ1n) is 6.34. The molecule has 1 aromatic carbocycles. The predicted molar refractivity (Wildman–Crippen MR) is 79.0 cm³/mol. The number of hydrogen-bond acceptors (Lipinski definition) is 4. The summed E-state index contributed by atoms with van der Waals surface area (Å²) in [5.41, 5.74) is 1.97. The molecule has 0 aliphatic carbocycles. The molecule has 0 aliphatic heterocycles. The SMILES string of the molecule is Cc1cc(NCC(Cl)c2ccccc2)n2ncnc2n1. The minimum absolute atomic E-state index is 0.108. The summed E-state index contributed by atoms with van der Waals surface area (Å²) >= 11 is 6.40. The number of rotatable bonds is 4. The Morgan fingerprint density at radius 1 is 1.30 bits per heavy atom. The quantitative estimate of drug-likeness (QED) is 0.750. The lowest BCUT2D eigenvalue weighted by atomic mass is 10.1. The number of nitrogens with one attached hydrogen (secondary N) is 1. The van der Waals surface area contributed by atoms with Crippen LogP contribution in [-0.4, -0.2) is 26.1 Å². The summed E-state index contributed by atoms with van der Waals surface area (Å²) in [5, 5.41) is 7.34. The van der Waals surface area contributed by atoms with Crippen molar-refractivity contribution < 1.29 is 0 Å². The van der Waals surface area contributed by atoms with E-state index in [0.29, 0.717) is 12.3 Å². The molecule has 0 aliphatic rings. The Morgan fingerprint density at radius 3 is 2.90 bits per heavy atom. The van der Waals surface area contributed by atoms with E-state index in [4.69, 9.17) is 11.6 Å². The van der Waals surface area contributed by atoms with Crippen LogP contribution in [0.15, 0.2) is 42.7 Å². The van der Waals surface area contributed by atoms with E-state index < -0.39 is 0 Å². The van der Waals surface area contributed by atoms with Crippen LogP contribution < -0.4 is 5.32 Å². The van der Waals surface area contributed by atoms with Crippen molar-refractivity contribution in [3.8, 4) is 0 Å². The fourth-order valence-electron chi connectivity index (χ4n) is 2.03. The molecule has 5 nitrogen and oxygen atoms in total. The van der Waals surface area contributed by atoms with Crippen LogP contribution in [0, 0.1) is 6.92 Å². The normalized spacial score (nSPS) is 12.5. The van der Waals surface area contributed by atoms with Gasteiger partial charge in [-0.15, -0.1) is 11.6 Å². The minimum Gasteiger partial charge on any atom is -0.368 e. The molecule has 0 radical (unpaired) electrons. The second kappa shape index (κ2) is 5.46. The van der Waals surface area contributed by atoms with Gasteiger partial charge in [-0.2, -0.15) is 14.6 Å². The zero-order chi connectivity index (χ0) is 13.9. The summed E-state index contributed by atoms with van der Waals surface area (Å²) in [6.07, 6.45) is 1.49. The lowest BCUT2D eigenvalue weighted by Crippen LogP contribution is -2.12. The Bertz CT molecular complexity index is 710. The highest BCUT2D eigenvalue weighted by atomic mass is 35.5. The molecule has 1 N–H and O–H groups in total. The van der Waals surface area contributed by atoms with Gasteiger partial charge in [-0.1, -0.05) is 30.3 Å². The van der Waals surface area contributed by atoms with Gasteiger partial charge in [-0.25, -0.2) is 4.98 Å². The van der Waals surface area contributed by atoms with Crippen LogP contribution in [0.1, 0.15) is 16.6 Å². The van der Waals surface area contributed by atoms with Crippen LogP contribution in [0.4, 0.5) is 5.82 Å². The Morgan fingerprint density at radius 2 is 2.10 bits per heavy atom. The standard InChI is InChI=1S/C14H14ClN5/c1-10-7-13(20-14(19-10)17-9-18-20)16-8-12(15)11-5-3-2-4-6-11/h2-7,9,12,16H,8H2,1H3. The van der Waals surface area contributed by atoms with E-state index in [-0.39, 0.29) is 5.38 Å². The molecule has 6 heteroatoms. The summed E-state index contributed by atoms with van der Waals surface area (Å²) in [4.78, 5) is 8.39. The maximum atomic E-state index is 6.40. The van der Waals surface area contributed by atoms with Crippen molar-refractivity contribution in [3.05, 3.63) is 54.0 Å². The Kier molecular flexibility index (Phi) is 3.52. The lowest BCUT2D eigenvalue weighted by Gasteiger charge is -2.13. The van der Waals surface area contributed by atoms with Crippen LogP contribution in [0.5, 0.6) is 0 Å². The van der Waals surface area contributed by atoms with E-state index in [2.05, 4.69) is 20.4 Å².